The monoisotopic (exact) mass is 237 g/mol. The molecule has 96 valence electrons. The van der Waals surface area contributed by atoms with Crippen molar-refractivity contribution in [1.82, 2.24) is 4.98 Å². The van der Waals surface area contributed by atoms with Crippen LogP contribution in [0.1, 0.15) is 38.4 Å². The van der Waals surface area contributed by atoms with Crippen molar-refractivity contribution in [2.45, 2.75) is 32.7 Å². The molecule has 4 nitrogen and oxygen atoms in total. The lowest BCUT2D eigenvalue weighted by Crippen LogP contribution is -2.25. The molecule has 0 aliphatic carbocycles. The minimum Gasteiger partial charge on any atom is -0.396 e. The fourth-order valence-corrected chi connectivity index (χ4v) is 1.74. The third-order valence-corrected chi connectivity index (χ3v) is 2.92. The van der Waals surface area contributed by atoms with Crippen LogP contribution < -0.4 is 10.6 Å². The van der Waals surface area contributed by atoms with Crippen molar-refractivity contribution < 1.29 is 5.11 Å². The van der Waals surface area contributed by atoms with Crippen LogP contribution >= 0.6 is 0 Å². The summed E-state index contributed by atoms with van der Waals surface area (Å²) in [5, 5.41) is 8.85. The highest BCUT2D eigenvalue weighted by Gasteiger charge is 2.07. The first-order chi connectivity index (χ1) is 8.22. The van der Waals surface area contributed by atoms with Gasteiger partial charge in [0, 0.05) is 25.7 Å². The van der Waals surface area contributed by atoms with Crippen molar-refractivity contribution in [2.75, 3.05) is 24.6 Å². The van der Waals surface area contributed by atoms with Crippen LogP contribution in [-0.2, 0) is 0 Å². The van der Waals surface area contributed by atoms with E-state index in [1.807, 2.05) is 12.3 Å². The number of nitrogens with zero attached hydrogens (tertiary/aromatic N) is 2. The zero-order chi connectivity index (χ0) is 12.7. The van der Waals surface area contributed by atoms with E-state index in [-0.39, 0.29) is 12.6 Å². The third kappa shape index (κ3) is 3.98. The zero-order valence-electron chi connectivity index (χ0n) is 10.8. The molecule has 1 heterocycles. The Morgan fingerprint density at radius 3 is 2.65 bits per heavy atom. The molecule has 0 saturated carbocycles. The molecule has 0 aliphatic heterocycles. The molecule has 17 heavy (non-hydrogen) atoms. The molecule has 1 rings (SSSR count). The Morgan fingerprint density at radius 2 is 2.18 bits per heavy atom. The molecule has 0 unspecified atom stereocenters. The summed E-state index contributed by atoms with van der Waals surface area (Å²) < 4.78 is 0. The van der Waals surface area contributed by atoms with E-state index in [2.05, 4.69) is 29.8 Å². The average Bonchev–Trinajstić information content (AvgIpc) is 2.39. The molecular formula is C13H23N3O. The van der Waals surface area contributed by atoms with E-state index in [0.717, 1.165) is 37.3 Å². The molecule has 0 bridgehead atoms. The highest BCUT2D eigenvalue weighted by atomic mass is 16.3. The van der Waals surface area contributed by atoms with Crippen LogP contribution in [0.25, 0.3) is 0 Å². The number of aromatic nitrogens is 1. The number of anilines is 1. The van der Waals surface area contributed by atoms with Gasteiger partial charge >= 0.3 is 0 Å². The standard InChI is InChI=1S/C13H23N3O/c1-3-12(14)13-7-6-11(10-15-13)16(4-2)8-5-9-17/h6-7,10,12,17H,3-5,8-9,14H2,1-2H3/t12-/m1/s1. The Bertz CT molecular complexity index is 313. The Hall–Kier alpha value is -1.13. The predicted molar refractivity (Wildman–Crippen MR) is 71.0 cm³/mol. The Kier molecular flexibility index (Phi) is 5.94. The summed E-state index contributed by atoms with van der Waals surface area (Å²) in [4.78, 5) is 6.60. The van der Waals surface area contributed by atoms with Gasteiger partial charge in [0.25, 0.3) is 0 Å². The van der Waals surface area contributed by atoms with Crippen molar-refractivity contribution in [1.29, 1.82) is 0 Å². The zero-order valence-corrected chi connectivity index (χ0v) is 10.8. The van der Waals surface area contributed by atoms with Crippen molar-refractivity contribution in [2.24, 2.45) is 5.73 Å². The number of aliphatic hydroxyl groups is 1. The maximum Gasteiger partial charge on any atom is 0.0572 e. The molecule has 0 aliphatic rings. The van der Waals surface area contributed by atoms with Gasteiger partial charge in [-0.25, -0.2) is 0 Å². The maximum atomic E-state index is 8.85. The van der Waals surface area contributed by atoms with Gasteiger partial charge in [-0.15, -0.1) is 0 Å². The second-order valence-electron chi connectivity index (χ2n) is 4.11. The quantitative estimate of drug-likeness (QED) is 0.757. The van der Waals surface area contributed by atoms with Gasteiger partial charge < -0.3 is 15.7 Å². The first kappa shape index (κ1) is 13.9. The highest BCUT2D eigenvalue weighted by Crippen LogP contribution is 2.17. The number of hydrogen-bond donors (Lipinski definition) is 2. The van der Waals surface area contributed by atoms with Gasteiger partial charge in [-0.3, -0.25) is 4.98 Å². The molecule has 4 heteroatoms. The van der Waals surface area contributed by atoms with E-state index in [4.69, 9.17) is 10.8 Å². The van der Waals surface area contributed by atoms with Gasteiger partial charge in [0.1, 0.15) is 0 Å². The van der Waals surface area contributed by atoms with Crippen LogP contribution in [0.15, 0.2) is 18.3 Å². The fraction of sp³-hybridized carbons (Fsp3) is 0.615. The van der Waals surface area contributed by atoms with E-state index >= 15 is 0 Å². The molecule has 1 aromatic rings. The Labute approximate surface area is 103 Å². The lowest BCUT2D eigenvalue weighted by Gasteiger charge is -2.22. The van der Waals surface area contributed by atoms with Gasteiger partial charge in [-0.1, -0.05) is 6.92 Å². The van der Waals surface area contributed by atoms with Crippen molar-refractivity contribution in [3.8, 4) is 0 Å². The summed E-state index contributed by atoms with van der Waals surface area (Å²) in [5.74, 6) is 0. The molecule has 1 aromatic heterocycles. The predicted octanol–water partition coefficient (Wildman–Crippen LogP) is 1.70. The van der Waals surface area contributed by atoms with Gasteiger partial charge in [0.2, 0.25) is 0 Å². The summed E-state index contributed by atoms with van der Waals surface area (Å²) in [7, 11) is 0. The van der Waals surface area contributed by atoms with Crippen LogP contribution in [0.3, 0.4) is 0 Å². The summed E-state index contributed by atoms with van der Waals surface area (Å²) in [6, 6.07) is 4.07. The third-order valence-electron chi connectivity index (χ3n) is 2.92. The molecule has 0 saturated heterocycles. The minimum absolute atomic E-state index is 0.0246. The van der Waals surface area contributed by atoms with Crippen molar-refractivity contribution in [3.63, 3.8) is 0 Å². The van der Waals surface area contributed by atoms with E-state index < -0.39 is 0 Å². The summed E-state index contributed by atoms with van der Waals surface area (Å²) >= 11 is 0. The van der Waals surface area contributed by atoms with Crippen LogP contribution in [0.5, 0.6) is 0 Å². The SMILES string of the molecule is CC[C@@H](N)c1ccc(N(CC)CCCO)cn1. The molecule has 1 atom stereocenters. The molecule has 0 amide bonds. The lowest BCUT2D eigenvalue weighted by molar-refractivity contribution is 0.289. The van der Waals surface area contributed by atoms with Crippen molar-refractivity contribution in [3.05, 3.63) is 24.0 Å². The molecule has 0 aromatic carbocycles. The number of pyridine rings is 1. The topological polar surface area (TPSA) is 62.4 Å². The number of aliphatic hydroxyl groups excluding tert-OH is 1. The first-order valence-corrected chi connectivity index (χ1v) is 6.30. The molecule has 3 N–H and O–H groups in total. The van der Waals surface area contributed by atoms with E-state index in [1.54, 1.807) is 0 Å². The summed E-state index contributed by atoms with van der Waals surface area (Å²) in [6.45, 7) is 6.15. The van der Waals surface area contributed by atoms with E-state index in [1.165, 1.54) is 0 Å². The van der Waals surface area contributed by atoms with Gasteiger partial charge in [-0.2, -0.15) is 0 Å². The fourth-order valence-electron chi connectivity index (χ4n) is 1.74. The van der Waals surface area contributed by atoms with Gasteiger partial charge in [0.05, 0.1) is 17.6 Å². The molecular weight excluding hydrogens is 214 g/mol. The average molecular weight is 237 g/mol. The second-order valence-corrected chi connectivity index (χ2v) is 4.11. The number of nitrogens with two attached hydrogens (primary N) is 1. The molecule has 0 spiro atoms. The second kappa shape index (κ2) is 7.25. The first-order valence-electron chi connectivity index (χ1n) is 6.30. The van der Waals surface area contributed by atoms with Crippen LogP contribution in [0.4, 0.5) is 5.69 Å². The van der Waals surface area contributed by atoms with E-state index in [0.29, 0.717) is 0 Å². The maximum absolute atomic E-state index is 8.85. The van der Waals surface area contributed by atoms with Crippen LogP contribution in [0.2, 0.25) is 0 Å². The smallest absolute Gasteiger partial charge is 0.0572 e. The number of hydrogen-bond acceptors (Lipinski definition) is 4. The lowest BCUT2D eigenvalue weighted by atomic mass is 10.1. The van der Waals surface area contributed by atoms with Crippen LogP contribution in [0, 0.1) is 0 Å². The molecule has 0 fully saturated rings. The van der Waals surface area contributed by atoms with E-state index in [9.17, 15) is 0 Å². The Morgan fingerprint density at radius 1 is 1.41 bits per heavy atom. The molecule has 0 radical (unpaired) electrons. The number of rotatable bonds is 7. The largest absolute Gasteiger partial charge is 0.396 e. The van der Waals surface area contributed by atoms with Crippen molar-refractivity contribution >= 4 is 5.69 Å². The normalized spacial score (nSPS) is 12.5. The summed E-state index contributed by atoms with van der Waals surface area (Å²) in [6.07, 6.45) is 3.55. The van der Waals surface area contributed by atoms with Crippen LogP contribution in [-0.4, -0.2) is 29.8 Å². The van der Waals surface area contributed by atoms with Gasteiger partial charge in [-0.05, 0) is 31.9 Å². The Balaban J connectivity index is 2.70. The highest BCUT2D eigenvalue weighted by molar-refractivity contribution is 5.44. The minimum atomic E-state index is 0.0246. The van der Waals surface area contributed by atoms with Gasteiger partial charge in [0.15, 0.2) is 0 Å². The summed E-state index contributed by atoms with van der Waals surface area (Å²) in [5.41, 5.74) is 7.95.